The lowest BCUT2D eigenvalue weighted by Crippen LogP contribution is -2.46. The molecule has 0 aliphatic carbocycles. The third-order valence-electron chi connectivity index (χ3n) is 2.54. The smallest absolute Gasteiger partial charge is 0.149 e. The molecule has 0 amide bonds. The highest BCUT2D eigenvalue weighted by Crippen LogP contribution is 2.16. The van der Waals surface area contributed by atoms with Gasteiger partial charge in [-0.2, -0.15) is 0 Å². The van der Waals surface area contributed by atoms with Crippen molar-refractivity contribution in [3.8, 4) is 0 Å². The summed E-state index contributed by atoms with van der Waals surface area (Å²) in [6, 6.07) is 3.71. The lowest BCUT2D eigenvalue weighted by Gasteiger charge is -2.36. The van der Waals surface area contributed by atoms with Gasteiger partial charge in [0.15, 0.2) is 0 Å². The normalized spacial score (nSPS) is 17.8. The Morgan fingerprint density at radius 3 is 3.07 bits per heavy atom. The Labute approximate surface area is 84.1 Å². The maximum Gasteiger partial charge on any atom is 0.149 e. The van der Waals surface area contributed by atoms with Crippen molar-refractivity contribution in [2.75, 3.05) is 37.7 Å². The number of nitrogen functional groups attached to an aromatic ring is 1. The Kier molecular flexibility index (Phi) is 2.54. The molecule has 0 spiro atoms. The first-order valence-corrected chi connectivity index (χ1v) is 4.88. The van der Waals surface area contributed by atoms with Gasteiger partial charge < -0.3 is 16.0 Å². The van der Waals surface area contributed by atoms with E-state index in [0.29, 0.717) is 0 Å². The first kappa shape index (κ1) is 9.27. The number of nitrogens with one attached hydrogen (secondary N) is 1. The van der Waals surface area contributed by atoms with E-state index in [1.165, 1.54) is 13.1 Å². The summed E-state index contributed by atoms with van der Waals surface area (Å²) in [4.78, 5) is 6.48. The number of aromatic nitrogens is 1. The van der Waals surface area contributed by atoms with Crippen LogP contribution in [0.2, 0.25) is 0 Å². The summed E-state index contributed by atoms with van der Waals surface area (Å²) in [5.41, 5.74) is 6.48. The Morgan fingerprint density at radius 2 is 2.43 bits per heavy atom. The average Bonchev–Trinajstić information content (AvgIpc) is 2.13. The van der Waals surface area contributed by atoms with Gasteiger partial charge in [0.25, 0.3) is 0 Å². The summed E-state index contributed by atoms with van der Waals surface area (Å²) in [7, 11) is 2.13. The molecule has 0 radical (unpaired) electrons. The van der Waals surface area contributed by atoms with Crippen LogP contribution in [0.15, 0.2) is 18.3 Å². The quantitative estimate of drug-likeness (QED) is 0.738. The molecule has 76 valence electrons. The van der Waals surface area contributed by atoms with Gasteiger partial charge in [0.05, 0.1) is 5.69 Å². The van der Waals surface area contributed by atoms with Crippen LogP contribution >= 0.6 is 0 Å². The minimum atomic E-state index is 0.722. The van der Waals surface area contributed by atoms with E-state index in [-0.39, 0.29) is 0 Å². The monoisotopic (exact) mass is 192 g/mol. The Bertz CT molecular complexity index is 307. The summed E-state index contributed by atoms with van der Waals surface area (Å²) in [6.45, 7) is 3.30. The molecule has 2 rings (SSSR count). The molecule has 1 fully saturated rings. The van der Waals surface area contributed by atoms with Crippen LogP contribution in [-0.4, -0.2) is 36.6 Å². The lowest BCUT2D eigenvalue weighted by atomic mass is 10.0. The first-order valence-electron chi connectivity index (χ1n) is 4.88. The molecule has 1 aromatic heterocycles. The second kappa shape index (κ2) is 3.84. The largest absolute Gasteiger partial charge is 0.396 e. The fourth-order valence-electron chi connectivity index (χ4n) is 1.76. The van der Waals surface area contributed by atoms with E-state index in [2.05, 4.69) is 22.2 Å². The van der Waals surface area contributed by atoms with Gasteiger partial charge in [-0.05, 0) is 19.2 Å². The number of anilines is 2. The Morgan fingerprint density at radius 1 is 1.64 bits per heavy atom. The van der Waals surface area contributed by atoms with E-state index >= 15 is 0 Å². The summed E-state index contributed by atoms with van der Waals surface area (Å²) in [5.74, 6) is 1.54. The van der Waals surface area contributed by atoms with Crippen LogP contribution < -0.4 is 11.1 Å². The van der Waals surface area contributed by atoms with Gasteiger partial charge in [-0.15, -0.1) is 0 Å². The standard InChI is InChI=1S/C10H16N4/c1-14-6-8(7-14)5-13-10-9(11)3-2-4-12-10/h2-4,8H,5-7,11H2,1H3,(H,12,13). The van der Waals surface area contributed by atoms with Crippen molar-refractivity contribution >= 4 is 11.5 Å². The molecule has 0 saturated carbocycles. The molecular weight excluding hydrogens is 176 g/mol. The highest BCUT2D eigenvalue weighted by Gasteiger charge is 2.22. The average molecular weight is 192 g/mol. The van der Waals surface area contributed by atoms with Gasteiger partial charge in [0.1, 0.15) is 5.82 Å². The number of nitrogens with two attached hydrogens (primary N) is 1. The molecule has 1 saturated heterocycles. The minimum Gasteiger partial charge on any atom is -0.396 e. The number of hydrogen-bond donors (Lipinski definition) is 2. The highest BCUT2D eigenvalue weighted by molar-refractivity contribution is 5.60. The zero-order valence-electron chi connectivity index (χ0n) is 8.40. The van der Waals surface area contributed by atoms with Crippen LogP contribution in [0, 0.1) is 5.92 Å². The van der Waals surface area contributed by atoms with Crippen molar-refractivity contribution in [1.29, 1.82) is 0 Å². The Balaban J connectivity index is 1.83. The van der Waals surface area contributed by atoms with Gasteiger partial charge >= 0.3 is 0 Å². The molecule has 4 nitrogen and oxygen atoms in total. The third kappa shape index (κ3) is 1.96. The molecule has 4 heteroatoms. The molecular formula is C10H16N4. The molecule has 0 bridgehead atoms. The number of pyridine rings is 1. The van der Waals surface area contributed by atoms with Crippen LogP contribution in [0.25, 0.3) is 0 Å². The zero-order valence-corrected chi connectivity index (χ0v) is 8.40. The van der Waals surface area contributed by atoms with Crippen molar-refractivity contribution in [3.63, 3.8) is 0 Å². The maximum atomic E-state index is 5.76. The van der Waals surface area contributed by atoms with Crippen molar-refractivity contribution in [3.05, 3.63) is 18.3 Å². The fourth-order valence-corrected chi connectivity index (χ4v) is 1.76. The molecule has 3 N–H and O–H groups in total. The third-order valence-corrected chi connectivity index (χ3v) is 2.54. The number of nitrogens with zero attached hydrogens (tertiary/aromatic N) is 2. The van der Waals surface area contributed by atoms with Crippen molar-refractivity contribution in [2.24, 2.45) is 5.92 Å². The molecule has 1 aliphatic rings. The number of rotatable bonds is 3. The summed E-state index contributed by atoms with van der Waals surface area (Å²) in [6.07, 6.45) is 1.76. The van der Waals surface area contributed by atoms with E-state index in [1.807, 2.05) is 12.1 Å². The van der Waals surface area contributed by atoms with Crippen molar-refractivity contribution in [2.45, 2.75) is 0 Å². The van der Waals surface area contributed by atoms with Gasteiger partial charge in [-0.25, -0.2) is 4.98 Å². The van der Waals surface area contributed by atoms with Crippen LogP contribution in [0.1, 0.15) is 0 Å². The van der Waals surface area contributed by atoms with Crippen LogP contribution in [-0.2, 0) is 0 Å². The van der Waals surface area contributed by atoms with Crippen molar-refractivity contribution < 1.29 is 0 Å². The van der Waals surface area contributed by atoms with E-state index < -0.39 is 0 Å². The van der Waals surface area contributed by atoms with Crippen LogP contribution in [0.5, 0.6) is 0 Å². The van der Waals surface area contributed by atoms with E-state index in [1.54, 1.807) is 6.20 Å². The second-order valence-electron chi connectivity index (χ2n) is 3.91. The minimum absolute atomic E-state index is 0.722. The molecule has 0 unspecified atom stereocenters. The van der Waals surface area contributed by atoms with E-state index in [0.717, 1.165) is 24.0 Å². The number of hydrogen-bond acceptors (Lipinski definition) is 4. The summed E-state index contributed by atoms with van der Waals surface area (Å²) < 4.78 is 0. The lowest BCUT2D eigenvalue weighted by molar-refractivity contribution is 0.144. The van der Waals surface area contributed by atoms with Crippen LogP contribution in [0.3, 0.4) is 0 Å². The predicted molar refractivity (Wildman–Crippen MR) is 58.1 cm³/mol. The van der Waals surface area contributed by atoms with Gasteiger partial charge in [-0.1, -0.05) is 0 Å². The molecule has 1 aromatic rings. The second-order valence-corrected chi connectivity index (χ2v) is 3.91. The first-order chi connectivity index (χ1) is 6.75. The van der Waals surface area contributed by atoms with Crippen molar-refractivity contribution in [1.82, 2.24) is 9.88 Å². The van der Waals surface area contributed by atoms with Gasteiger partial charge in [-0.3, -0.25) is 0 Å². The maximum absolute atomic E-state index is 5.76. The fraction of sp³-hybridized carbons (Fsp3) is 0.500. The van der Waals surface area contributed by atoms with E-state index in [9.17, 15) is 0 Å². The highest BCUT2D eigenvalue weighted by atomic mass is 15.2. The molecule has 2 heterocycles. The summed E-state index contributed by atoms with van der Waals surface area (Å²) >= 11 is 0. The molecule has 14 heavy (non-hydrogen) atoms. The van der Waals surface area contributed by atoms with E-state index in [4.69, 9.17) is 5.73 Å². The Hall–Kier alpha value is -1.29. The summed E-state index contributed by atoms with van der Waals surface area (Å²) in [5, 5.41) is 3.27. The predicted octanol–water partition coefficient (Wildman–Crippen LogP) is 0.637. The SMILES string of the molecule is CN1CC(CNc2ncccc2N)C1. The van der Waals surface area contributed by atoms with Gasteiger partial charge in [0, 0.05) is 31.7 Å². The van der Waals surface area contributed by atoms with Gasteiger partial charge in [0.2, 0.25) is 0 Å². The molecule has 0 aromatic carbocycles. The molecule has 1 aliphatic heterocycles. The van der Waals surface area contributed by atoms with Crippen LogP contribution in [0.4, 0.5) is 11.5 Å². The zero-order chi connectivity index (χ0) is 9.97. The topological polar surface area (TPSA) is 54.2 Å². The number of likely N-dealkylation sites (tertiary alicyclic amines) is 1. The molecule has 0 atom stereocenters.